The lowest BCUT2D eigenvalue weighted by Gasteiger charge is -2.22. The van der Waals surface area contributed by atoms with Gasteiger partial charge in [0.15, 0.2) is 0 Å². The third-order valence-electron chi connectivity index (χ3n) is 3.14. The number of aryl methyl sites for hydroxylation is 2. The van der Waals surface area contributed by atoms with Crippen LogP contribution in [-0.2, 0) is 14.1 Å². The monoisotopic (exact) mass is 261 g/mol. The van der Waals surface area contributed by atoms with E-state index in [0.29, 0.717) is 5.69 Å². The van der Waals surface area contributed by atoms with E-state index in [1.54, 1.807) is 30.2 Å². The van der Waals surface area contributed by atoms with Gasteiger partial charge in [-0.3, -0.25) is 9.48 Å². The minimum absolute atomic E-state index is 0.123. The molecule has 0 saturated heterocycles. The van der Waals surface area contributed by atoms with E-state index in [2.05, 4.69) is 29.2 Å². The number of carbonyl (C=O) groups excluding carboxylic acids is 1. The van der Waals surface area contributed by atoms with Crippen LogP contribution in [0.4, 0.5) is 0 Å². The van der Waals surface area contributed by atoms with Crippen LogP contribution in [0.2, 0.25) is 0 Å². The average molecular weight is 261 g/mol. The van der Waals surface area contributed by atoms with Gasteiger partial charge in [-0.25, -0.2) is 4.98 Å². The minimum Gasteiger partial charge on any atom is -0.340 e. The van der Waals surface area contributed by atoms with Crippen LogP contribution >= 0.6 is 0 Å². The number of nitrogens with zero attached hydrogens (tertiary/aromatic N) is 4. The molecule has 2 aromatic rings. The van der Waals surface area contributed by atoms with Crippen molar-refractivity contribution in [3.05, 3.63) is 36.2 Å². The Morgan fingerprint density at radius 1 is 1.32 bits per heavy atom. The van der Waals surface area contributed by atoms with Crippen molar-refractivity contribution in [3.63, 3.8) is 0 Å². The van der Waals surface area contributed by atoms with Crippen LogP contribution < -0.4 is 5.32 Å². The Kier molecular flexibility index (Phi) is 3.69. The number of hydrogen-bond donors (Lipinski definition) is 1. The number of hydrogen-bond acceptors (Lipinski definition) is 3. The molecule has 0 unspecified atom stereocenters. The molecule has 19 heavy (non-hydrogen) atoms. The van der Waals surface area contributed by atoms with E-state index >= 15 is 0 Å². The van der Waals surface area contributed by atoms with E-state index in [1.165, 1.54) is 0 Å². The van der Waals surface area contributed by atoms with Crippen LogP contribution in [0.15, 0.2) is 24.7 Å². The van der Waals surface area contributed by atoms with Gasteiger partial charge in [-0.15, -0.1) is 0 Å². The third kappa shape index (κ3) is 2.67. The second-order valence-corrected chi connectivity index (χ2v) is 4.93. The van der Waals surface area contributed by atoms with Crippen molar-refractivity contribution >= 4 is 5.91 Å². The lowest BCUT2D eigenvalue weighted by molar-refractivity contribution is 0.0912. The maximum absolute atomic E-state index is 12.2. The molecule has 2 heterocycles. The summed E-state index contributed by atoms with van der Waals surface area (Å²) in [5.74, 6) is 0.963. The summed E-state index contributed by atoms with van der Waals surface area (Å²) in [6.07, 6.45) is 5.22. The fourth-order valence-electron chi connectivity index (χ4n) is 2.02. The van der Waals surface area contributed by atoms with Crippen molar-refractivity contribution in [1.82, 2.24) is 24.6 Å². The van der Waals surface area contributed by atoms with Gasteiger partial charge < -0.3 is 9.88 Å². The number of nitrogens with one attached hydrogen (secondary N) is 1. The molecule has 0 bridgehead atoms. The van der Waals surface area contributed by atoms with Crippen LogP contribution in [0.5, 0.6) is 0 Å². The SMILES string of the molecule is CC(C)[C@@H](NC(=O)c1ccnn1C)c1nccn1C. The first-order chi connectivity index (χ1) is 9.00. The van der Waals surface area contributed by atoms with Crippen LogP contribution in [0, 0.1) is 5.92 Å². The summed E-state index contributed by atoms with van der Waals surface area (Å²) >= 11 is 0. The Bertz CT molecular complexity index is 569. The highest BCUT2D eigenvalue weighted by Gasteiger charge is 2.23. The molecule has 0 spiro atoms. The molecule has 0 aliphatic heterocycles. The Hall–Kier alpha value is -2.11. The first-order valence-electron chi connectivity index (χ1n) is 6.26. The molecule has 6 heteroatoms. The van der Waals surface area contributed by atoms with Gasteiger partial charge in [0, 0.05) is 32.7 Å². The van der Waals surface area contributed by atoms with Crippen molar-refractivity contribution in [2.24, 2.45) is 20.0 Å². The lowest BCUT2D eigenvalue weighted by atomic mass is 10.0. The Morgan fingerprint density at radius 3 is 2.53 bits per heavy atom. The zero-order valence-electron chi connectivity index (χ0n) is 11.7. The Labute approximate surface area is 112 Å². The quantitative estimate of drug-likeness (QED) is 0.901. The molecule has 0 radical (unpaired) electrons. The topological polar surface area (TPSA) is 64.7 Å². The van der Waals surface area contributed by atoms with E-state index in [9.17, 15) is 4.79 Å². The molecule has 0 aromatic carbocycles. The van der Waals surface area contributed by atoms with Gasteiger partial charge >= 0.3 is 0 Å². The molecule has 0 fully saturated rings. The number of imidazole rings is 1. The summed E-state index contributed by atoms with van der Waals surface area (Å²) in [7, 11) is 3.67. The van der Waals surface area contributed by atoms with Crippen molar-refractivity contribution in [2.75, 3.05) is 0 Å². The summed E-state index contributed by atoms with van der Waals surface area (Å²) in [5, 5.41) is 7.02. The minimum atomic E-state index is -0.137. The summed E-state index contributed by atoms with van der Waals surface area (Å²) in [6, 6.07) is 1.58. The van der Waals surface area contributed by atoms with E-state index in [4.69, 9.17) is 0 Å². The first-order valence-corrected chi connectivity index (χ1v) is 6.26. The summed E-state index contributed by atoms with van der Waals surface area (Å²) in [4.78, 5) is 16.6. The zero-order chi connectivity index (χ0) is 14.0. The van der Waals surface area contributed by atoms with Gasteiger partial charge in [0.1, 0.15) is 11.5 Å². The van der Waals surface area contributed by atoms with Crippen LogP contribution in [0.25, 0.3) is 0 Å². The van der Waals surface area contributed by atoms with Gasteiger partial charge in [0.05, 0.1) is 6.04 Å². The molecule has 1 N–H and O–H groups in total. The van der Waals surface area contributed by atoms with Gasteiger partial charge in [-0.2, -0.15) is 5.10 Å². The Morgan fingerprint density at radius 2 is 2.05 bits per heavy atom. The van der Waals surface area contributed by atoms with E-state index in [-0.39, 0.29) is 17.9 Å². The third-order valence-corrected chi connectivity index (χ3v) is 3.14. The Balaban J connectivity index is 2.21. The molecular weight excluding hydrogens is 242 g/mol. The highest BCUT2D eigenvalue weighted by Crippen LogP contribution is 2.20. The molecule has 0 saturated carbocycles. The summed E-state index contributed by atoms with van der Waals surface area (Å²) in [6.45, 7) is 4.12. The van der Waals surface area contributed by atoms with E-state index in [0.717, 1.165) is 5.82 Å². The van der Waals surface area contributed by atoms with Gasteiger partial charge in [0.25, 0.3) is 5.91 Å². The predicted molar refractivity (Wildman–Crippen MR) is 71.5 cm³/mol. The number of amides is 1. The van der Waals surface area contributed by atoms with E-state index < -0.39 is 0 Å². The molecule has 2 aromatic heterocycles. The zero-order valence-corrected chi connectivity index (χ0v) is 11.7. The van der Waals surface area contributed by atoms with Crippen molar-refractivity contribution in [1.29, 1.82) is 0 Å². The summed E-state index contributed by atoms with van der Waals surface area (Å²) in [5.41, 5.74) is 0.542. The largest absolute Gasteiger partial charge is 0.340 e. The second-order valence-electron chi connectivity index (χ2n) is 4.93. The van der Waals surface area contributed by atoms with Crippen LogP contribution in [0.3, 0.4) is 0 Å². The fourth-order valence-corrected chi connectivity index (χ4v) is 2.02. The molecule has 102 valence electrons. The average Bonchev–Trinajstić information content (AvgIpc) is 2.94. The standard InChI is InChI=1S/C13H19N5O/c1-9(2)11(12-14-7-8-17(12)3)16-13(19)10-5-6-15-18(10)4/h5-9,11H,1-4H3,(H,16,19)/t11-/m1/s1. The normalized spacial score (nSPS) is 12.7. The summed E-state index contributed by atoms with van der Waals surface area (Å²) < 4.78 is 3.49. The maximum Gasteiger partial charge on any atom is 0.270 e. The van der Waals surface area contributed by atoms with Crippen LogP contribution in [0.1, 0.15) is 36.2 Å². The molecule has 2 rings (SSSR count). The highest BCUT2D eigenvalue weighted by molar-refractivity contribution is 5.92. The second kappa shape index (κ2) is 5.26. The smallest absolute Gasteiger partial charge is 0.270 e. The van der Waals surface area contributed by atoms with Gasteiger partial charge in [0.2, 0.25) is 0 Å². The van der Waals surface area contributed by atoms with Crippen molar-refractivity contribution < 1.29 is 4.79 Å². The molecule has 1 amide bonds. The molecular formula is C13H19N5O. The lowest BCUT2D eigenvalue weighted by Crippen LogP contribution is -2.34. The van der Waals surface area contributed by atoms with Crippen molar-refractivity contribution in [3.8, 4) is 0 Å². The number of aromatic nitrogens is 4. The predicted octanol–water partition coefficient (Wildman–Crippen LogP) is 1.28. The van der Waals surface area contributed by atoms with Crippen molar-refractivity contribution in [2.45, 2.75) is 19.9 Å². The van der Waals surface area contributed by atoms with E-state index in [1.807, 2.05) is 17.8 Å². The number of carbonyl (C=O) groups is 1. The van der Waals surface area contributed by atoms with Gasteiger partial charge in [-0.05, 0) is 12.0 Å². The highest BCUT2D eigenvalue weighted by atomic mass is 16.2. The van der Waals surface area contributed by atoms with Gasteiger partial charge in [-0.1, -0.05) is 13.8 Å². The number of rotatable bonds is 4. The van der Waals surface area contributed by atoms with Crippen LogP contribution in [-0.4, -0.2) is 25.2 Å². The first kappa shape index (κ1) is 13.3. The fraction of sp³-hybridized carbons (Fsp3) is 0.462. The molecule has 6 nitrogen and oxygen atoms in total. The molecule has 0 aliphatic carbocycles. The molecule has 1 atom stereocenters. The maximum atomic E-state index is 12.2. The molecule has 0 aliphatic rings.